The topological polar surface area (TPSA) is 111 Å². The number of rotatable bonds is 5. The van der Waals surface area contributed by atoms with Gasteiger partial charge in [-0.2, -0.15) is 4.98 Å². The first-order valence-electron chi connectivity index (χ1n) is 5.39. The Balaban J connectivity index is 2.14. The van der Waals surface area contributed by atoms with Gasteiger partial charge in [0.25, 0.3) is 0 Å². The van der Waals surface area contributed by atoms with Crippen molar-refractivity contribution in [2.75, 3.05) is 12.3 Å². The normalized spacial score (nSPS) is 11.7. The third kappa shape index (κ3) is 3.57. The molecule has 0 bridgehead atoms. The highest BCUT2D eigenvalue weighted by atomic mass is 79.9. The Kier molecular flexibility index (Phi) is 4.78. The van der Waals surface area contributed by atoms with Crippen molar-refractivity contribution in [3.05, 3.63) is 33.3 Å². The van der Waals surface area contributed by atoms with Gasteiger partial charge in [0, 0.05) is 27.6 Å². The lowest BCUT2D eigenvalue weighted by atomic mass is 10.3. The Labute approximate surface area is 132 Å². The van der Waals surface area contributed by atoms with Gasteiger partial charge in [-0.1, -0.05) is 5.16 Å². The van der Waals surface area contributed by atoms with Crippen LogP contribution in [0.15, 0.2) is 36.9 Å². The molecule has 0 saturated heterocycles. The summed E-state index contributed by atoms with van der Waals surface area (Å²) in [6, 6.07) is 3.05. The van der Waals surface area contributed by atoms with E-state index in [-0.39, 0.29) is 11.4 Å². The van der Waals surface area contributed by atoms with Crippen molar-refractivity contribution in [3.63, 3.8) is 0 Å². The maximum atomic E-state index is 12.2. The Morgan fingerprint density at radius 3 is 2.50 bits per heavy atom. The van der Waals surface area contributed by atoms with Gasteiger partial charge in [0.15, 0.2) is 5.82 Å². The molecular formula is C10H10Br2N4O3S. The van der Waals surface area contributed by atoms with Crippen LogP contribution in [0.1, 0.15) is 5.82 Å². The molecule has 0 aliphatic heterocycles. The van der Waals surface area contributed by atoms with Crippen LogP contribution >= 0.6 is 31.9 Å². The summed E-state index contributed by atoms with van der Waals surface area (Å²) in [6.07, 6.45) is 1.52. The van der Waals surface area contributed by atoms with Crippen molar-refractivity contribution in [2.45, 2.75) is 11.3 Å². The summed E-state index contributed by atoms with van der Waals surface area (Å²) in [5, 5.41) is 3.60. The van der Waals surface area contributed by atoms with Crippen molar-refractivity contribution in [3.8, 4) is 0 Å². The molecule has 1 aromatic carbocycles. The van der Waals surface area contributed by atoms with Gasteiger partial charge in [-0.3, -0.25) is 0 Å². The Morgan fingerprint density at radius 1 is 1.30 bits per heavy atom. The molecule has 0 atom stereocenters. The Hall–Kier alpha value is -0.970. The number of sulfonamides is 1. The SMILES string of the molecule is Nc1cc(Br)c(S(=O)(=O)NCCc2ncon2)c(Br)c1. The van der Waals surface area contributed by atoms with Crippen molar-refractivity contribution in [1.82, 2.24) is 14.9 Å². The van der Waals surface area contributed by atoms with Gasteiger partial charge in [0.2, 0.25) is 16.4 Å². The summed E-state index contributed by atoms with van der Waals surface area (Å²) in [5.74, 6) is 0.433. The fraction of sp³-hybridized carbons (Fsp3) is 0.200. The van der Waals surface area contributed by atoms with Crippen LogP contribution < -0.4 is 10.5 Å². The van der Waals surface area contributed by atoms with E-state index in [0.717, 1.165) is 0 Å². The predicted molar refractivity (Wildman–Crippen MR) is 79.4 cm³/mol. The summed E-state index contributed by atoms with van der Waals surface area (Å²) in [4.78, 5) is 3.90. The van der Waals surface area contributed by atoms with E-state index in [2.05, 4.69) is 51.2 Å². The van der Waals surface area contributed by atoms with E-state index in [1.807, 2.05) is 0 Å². The first-order valence-corrected chi connectivity index (χ1v) is 8.46. The minimum absolute atomic E-state index is 0.0970. The molecule has 0 spiro atoms. The molecule has 0 unspecified atom stereocenters. The average Bonchev–Trinajstić information content (AvgIpc) is 2.79. The van der Waals surface area contributed by atoms with Crippen LogP contribution in [0.4, 0.5) is 5.69 Å². The highest BCUT2D eigenvalue weighted by molar-refractivity contribution is 9.11. The van der Waals surface area contributed by atoms with E-state index in [1.54, 1.807) is 0 Å². The summed E-state index contributed by atoms with van der Waals surface area (Å²) in [6.45, 7) is 0.158. The number of nitrogens with two attached hydrogens (primary N) is 1. The fourth-order valence-corrected chi connectivity index (χ4v) is 5.16. The molecule has 0 aliphatic rings. The largest absolute Gasteiger partial charge is 0.399 e. The first kappa shape index (κ1) is 15.4. The van der Waals surface area contributed by atoms with E-state index < -0.39 is 10.0 Å². The number of benzene rings is 1. The number of nitrogens with one attached hydrogen (secondary N) is 1. The van der Waals surface area contributed by atoms with E-state index in [9.17, 15) is 8.42 Å². The van der Waals surface area contributed by atoms with E-state index in [0.29, 0.717) is 26.9 Å². The number of nitrogens with zero attached hydrogens (tertiary/aromatic N) is 2. The monoisotopic (exact) mass is 424 g/mol. The smallest absolute Gasteiger partial charge is 0.242 e. The van der Waals surface area contributed by atoms with Crippen LogP contribution in [0.5, 0.6) is 0 Å². The molecule has 20 heavy (non-hydrogen) atoms. The quantitative estimate of drug-likeness (QED) is 0.705. The second-order valence-electron chi connectivity index (χ2n) is 3.81. The van der Waals surface area contributed by atoms with Gasteiger partial charge in [0.05, 0.1) is 0 Å². The van der Waals surface area contributed by atoms with Crippen molar-refractivity contribution in [1.29, 1.82) is 0 Å². The molecule has 1 aromatic heterocycles. The molecular weight excluding hydrogens is 416 g/mol. The molecule has 2 rings (SSSR count). The van der Waals surface area contributed by atoms with Crippen LogP contribution in [-0.4, -0.2) is 25.1 Å². The molecule has 0 saturated carbocycles. The third-order valence-corrected chi connectivity index (χ3v) is 5.67. The standard InChI is InChI=1S/C10H10Br2N4O3S/c11-7-3-6(13)4-8(12)10(7)20(17,18)15-2-1-9-14-5-19-16-9/h3-5,15H,1-2,13H2. The molecule has 0 aliphatic carbocycles. The van der Waals surface area contributed by atoms with Crippen molar-refractivity contribution >= 4 is 47.6 Å². The zero-order valence-corrected chi connectivity index (χ0v) is 14.0. The van der Waals surface area contributed by atoms with Crippen LogP contribution in [-0.2, 0) is 16.4 Å². The second-order valence-corrected chi connectivity index (χ2v) is 7.22. The van der Waals surface area contributed by atoms with Gasteiger partial charge in [-0.25, -0.2) is 13.1 Å². The molecule has 7 nitrogen and oxygen atoms in total. The summed E-state index contributed by atoms with van der Waals surface area (Å²) < 4.78 is 32.3. The predicted octanol–water partition coefficient (Wildman–Crippen LogP) is 1.70. The molecule has 2 aromatic rings. The summed E-state index contributed by atoms with van der Waals surface area (Å²) in [7, 11) is -3.68. The van der Waals surface area contributed by atoms with Gasteiger partial charge in [0.1, 0.15) is 4.90 Å². The van der Waals surface area contributed by atoms with Crippen molar-refractivity contribution < 1.29 is 12.9 Å². The second kappa shape index (κ2) is 6.20. The number of halogens is 2. The average molecular weight is 426 g/mol. The molecule has 10 heteroatoms. The molecule has 0 fully saturated rings. The van der Waals surface area contributed by atoms with E-state index in [4.69, 9.17) is 5.73 Å². The summed E-state index contributed by atoms with van der Waals surface area (Å²) >= 11 is 6.39. The highest BCUT2D eigenvalue weighted by Crippen LogP contribution is 2.32. The van der Waals surface area contributed by atoms with Gasteiger partial charge >= 0.3 is 0 Å². The van der Waals surface area contributed by atoms with E-state index in [1.165, 1.54) is 18.5 Å². The number of hydrogen-bond donors (Lipinski definition) is 2. The van der Waals surface area contributed by atoms with Crippen molar-refractivity contribution in [2.24, 2.45) is 0 Å². The molecule has 3 N–H and O–H groups in total. The lowest BCUT2D eigenvalue weighted by Crippen LogP contribution is -2.27. The van der Waals surface area contributed by atoms with Crippen LogP contribution in [0.25, 0.3) is 0 Å². The number of nitrogen functional groups attached to an aromatic ring is 1. The number of hydrogen-bond acceptors (Lipinski definition) is 6. The molecule has 0 radical (unpaired) electrons. The van der Waals surface area contributed by atoms with Gasteiger partial charge < -0.3 is 10.3 Å². The maximum Gasteiger partial charge on any atom is 0.242 e. The first-order chi connectivity index (χ1) is 9.40. The van der Waals surface area contributed by atoms with Gasteiger partial charge in [-0.15, -0.1) is 0 Å². The maximum absolute atomic E-state index is 12.2. The van der Waals surface area contributed by atoms with E-state index >= 15 is 0 Å². The lowest BCUT2D eigenvalue weighted by molar-refractivity contribution is 0.410. The Morgan fingerprint density at radius 2 is 1.95 bits per heavy atom. The van der Waals surface area contributed by atoms with Gasteiger partial charge in [-0.05, 0) is 44.0 Å². The number of anilines is 1. The van der Waals surface area contributed by atoms with Crippen LogP contribution in [0.2, 0.25) is 0 Å². The molecule has 108 valence electrons. The third-order valence-electron chi connectivity index (χ3n) is 2.34. The summed E-state index contributed by atoms with van der Waals surface area (Å²) in [5.41, 5.74) is 6.09. The zero-order valence-electron chi connectivity index (χ0n) is 10.0. The molecule has 0 amide bonds. The fourth-order valence-electron chi connectivity index (χ4n) is 1.51. The minimum Gasteiger partial charge on any atom is -0.399 e. The lowest BCUT2D eigenvalue weighted by Gasteiger charge is -2.10. The van der Waals surface area contributed by atoms with Crippen LogP contribution in [0, 0.1) is 0 Å². The zero-order chi connectivity index (χ0) is 14.8. The highest BCUT2D eigenvalue weighted by Gasteiger charge is 2.21. The van der Waals surface area contributed by atoms with Crippen LogP contribution in [0.3, 0.4) is 0 Å². The Bertz CT molecular complexity index is 680. The molecule has 1 heterocycles. The number of aromatic nitrogens is 2. The minimum atomic E-state index is -3.68.